The molecule has 0 radical (unpaired) electrons. The molecule has 5 heteroatoms. The summed E-state index contributed by atoms with van der Waals surface area (Å²) in [6.07, 6.45) is 0.0632. The molecule has 1 fully saturated rings. The largest absolute Gasteiger partial charge is 0.422 e. The lowest BCUT2D eigenvalue weighted by Crippen LogP contribution is -2.61. The van der Waals surface area contributed by atoms with Gasteiger partial charge < -0.3 is 14.8 Å². The Morgan fingerprint density at radius 2 is 2.10 bits per heavy atom. The Hall–Kier alpha value is -2.14. The maximum Gasteiger partial charge on any atom is 0.349 e. The lowest BCUT2D eigenvalue weighted by atomic mass is 9.64. The van der Waals surface area contributed by atoms with E-state index in [0.29, 0.717) is 17.4 Å². The van der Waals surface area contributed by atoms with Crippen LogP contribution < -0.4 is 10.9 Å². The predicted molar refractivity (Wildman–Crippen MR) is 78.1 cm³/mol. The van der Waals surface area contributed by atoms with Crippen molar-refractivity contribution in [2.24, 2.45) is 5.41 Å². The minimum atomic E-state index is -0.649. The Labute approximate surface area is 121 Å². The molecule has 2 unspecified atom stereocenters. The number of benzene rings is 1. The van der Waals surface area contributed by atoms with Gasteiger partial charge in [-0.1, -0.05) is 32.0 Å². The molecule has 3 rings (SSSR count). The third kappa shape index (κ3) is 2.23. The van der Waals surface area contributed by atoms with Crippen molar-refractivity contribution < 1.29 is 14.3 Å². The second-order valence-corrected chi connectivity index (χ2v) is 6.08. The summed E-state index contributed by atoms with van der Waals surface area (Å²) in [5, 5.41) is 13.2. The maximum absolute atomic E-state index is 12.3. The molecular formula is C16H17NO4. The number of hydrogen-bond donors (Lipinski definition) is 2. The number of carbonyl (C=O) groups is 1. The van der Waals surface area contributed by atoms with Crippen LogP contribution in [0.3, 0.4) is 0 Å². The van der Waals surface area contributed by atoms with Gasteiger partial charge in [0.2, 0.25) is 0 Å². The van der Waals surface area contributed by atoms with E-state index in [1.54, 1.807) is 24.3 Å². The van der Waals surface area contributed by atoms with Crippen LogP contribution in [0.5, 0.6) is 0 Å². The standard InChI is InChI=1S/C16H17NO4/c1-16(2)12(8-13(16)18)17-14(19)10-7-9-5-3-4-6-11(9)21-15(10)20/h3-7,12-13,18H,8H2,1-2H3,(H,17,19). The van der Waals surface area contributed by atoms with E-state index < -0.39 is 17.6 Å². The third-order valence-corrected chi connectivity index (χ3v) is 4.41. The highest BCUT2D eigenvalue weighted by atomic mass is 16.4. The molecule has 2 N–H and O–H groups in total. The average molecular weight is 287 g/mol. The van der Waals surface area contributed by atoms with E-state index in [4.69, 9.17) is 4.42 Å². The smallest absolute Gasteiger partial charge is 0.349 e. The van der Waals surface area contributed by atoms with Gasteiger partial charge in [-0.25, -0.2) is 4.79 Å². The van der Waals surface area contributed by atoms with Crippen molar-refractivity contribution in [3.8, 4) is 0 Å². The van der Waals surface area contributed by atoms with E-state index in [-0.39, 0.29) is 17.0 Å². The van der Waals surface area contributed by atoms with Gasteiger partial charge in [-0.15, -0.1) is 0 Å². The first-order valence-electron chi connectivity index (χ1n) is 6.91. The first-order chi connectivity index (χ1) is 9.89. The molecule has 0 spiro atoms. The average Bonchev–Trinajstić information content (AvgIpc) is 2.46. The zero-order valence-electron chi connectivity index (χ0n) is 11.9. The summed E-state index contributed by atoms with van der Waals surface area (Å²) < 4.78 is 5.15. The number of aliphatic hydroxyl groups excluding tert-OH is 1. The van der Waals surface area contributed by atoms with E-state index in [0.717, 1.165) is 0 Å². The topological polar surface area (TPSA) is 79.5 Å². The highest BCUT2D eigenvalue weighted by molar-refractivity contribution is 5.96. The van der Waals surface area contributed by atoms with Gasteiger partial charge in [0.05, 0.1) is 6.10 Å². The number of para-hydroxylation sites is 1. The second-order valence-electron chi connectivity index (χ2n) is 6.08. The lowest BCUT2D eigenvalue weighted by molar-refractivity contribution is -0.0689. The highest BCUT2D eigenvalue weighted by Crippen LogP contribution is 2.40. The molecular weight excluding hydrogens is 270 g/mol. The van der Waals surface area contributed by atoms with Crippen LogP contribution in [0.25, 0.3) is 11.0 Å². The van der Waals surface area contributed by atoms with Gasteiger partial charge in [-0.2, -0.15) is 0 Å². The molecule has 1 saturated carbocycles. The number of carbonyl (C=O) groups excluding carboxylic acids is 1. The zero-order valence-corrected chi connectivity index (χ0v) is 11.9. The van der Waals surface area contributed by atoms with Crippen molar-refractivity contribution in [3.05, 3.63) is 46.3 Å². The zero-order chi connectivity index (χ0) is 15.2. The van der Waals surface area contributed by atoms with Gasteiger partial charge in [0.1, 0.15) is 11.1 Å². The lowest BCUT2D eigenvalue weighted by Gasteiger charge is -2.49. The monoisotopic (exact) mass is 287 g/mol. The predicted octanol–water partition coefficient (Wildman–Crippen LogP) is 1.68. The van der Waals surface area contributed by atoms with Crippen LogP contribution in [-0.4, -0.2) is 23.2 Å². The van der Waals surface area contributed by atoms with Gasteiger partial charge in [-0.3, -0.25) is 4.79 Å². The Kier molecular flexibility index (Phi) is 3.10. The molecule has 2 atom stereocenters. The van der Waals surface area contributed by atoms with Crippen LogP contribution in [0.2, 0.25) is 0 Å². The minimum Gasteiger partial charge on any atom is -0.422 e. The first kappa shape index (κ1) is 13.8. The molecule has 0 bridgehead atoms. The fourth-order valence-corrected chi connectivity index (χ4v) is 2.60. The van der Waals surface area contributed by atoms with Crippen LogP contribution in [0.15, 0.2) is 39.5 Å². The van der Waals surface area contributed by atoms with Gasteiger partial charge in [0.25, 0.3) is 5.91 Å². The van der Waals surface area contributed by atoms with Crippen molar-refractivity contribution in [2.45, 2.75) is 32.4 Å². The van der Waals surface area contributed by atoms with E-state index in [1.807, 2.05) is 19.9 Å². The van der Waals surface area contributed by atoms with E-state index in [1.165, 1.54) is 0 Å². The quantitative estimate of drug-likeness (QED) is 0.824. The molecule has 1 heterocycles. The molecule has 1 amide bonds. The summed E-state index contributed by atoms with van der Waals surface area (Å²) in [5.41, 5.74) is -0.583. The summed E-state index contributed by atoms with van der Waals surface area (Å²) >= 11 is 0. The summed E-state index contributed by atoms with van der Waals surface area (Å²) in [4.78, 5) is 24.2. The number of rotatable bonds is 2. The normalized spacial score (nSPS) is 23.6. The van der Waals surface area contributed by atoms with Crippen molar-refractivity contribution in [1.29, 1.82) is 0 Å². The minimum absolute atomic E-state index is 0.00844. The number of aliphatic hydroxyl groups is 1. The van der Waals surface area contributed by atoms with Crippen LogP contribution in [0.4, 0.5) is 0 Å². The molecule has 5 nitrogen and oxygen atoms in total. The van der Waals surface area contributed by atoms with Crippen molar-refractivity contribution in [1.82, 2.24) is 5.32 Å². The fraction of sp³-hybridized carbons (Fsp3) is 0.375. The maximum atomic E-state index is 12.3. The summed E-state index contributed by atoms with van der Waals surface area (Å²) in [7, 11) is 0. The number of amides is 1. The molecule has 2 aromatic rings. The molecule has 1 aliphatic carbocycles. The molecule has 110 valence electrons. The summed E-state index contributed by atoms with van der Waals surface area (Å²) in [6, 6.07) is 8.44. The van der Waals surface area contributed by atoms with E-state index >= 15 is 0 Å². The summed E-state index contributed by atoms with van der Waals surface area (Å²) in [6.45, 7) is 3.77. The summed E-state index contributed by atoms with van der Waals surface area (Å²) in [5.74, 6) is -0.459. The molecule has 1 aromatic carbocycles. The van der Waals surface area contributed by atoms with E-state index in [9.17, 15) is 14.7 Å². The Bertz CT molecular complexity index is 762. The molecule has 0 aliphatic heterocycles. The van der Waals surface area contributed by atoms with Crippen molar-refractivity contribution >= 4 is 16.9 Å². The second kappa shape index (κ2) is 4.70. The number of nitrogens with one attached hydrogen (secondary N) is 1. The highest BCUT2D eigenvalue weighted by Gasteiger charge is 2.48. The Morgan fingerprint density at radius 3 is 2.76 bits per heavy atom. The molecule has 0 saturated heterocycles. The van der Waals surface area contributed by atoms with Gasteiger partial charge in [-0.05, 0) is 18.6 Å². The molecule has 21 heavy (non-hydrogen) atoms. The first-order valence-corrected chi connectivity index (χ1v) is 6.91. The van der Waals surface area contributed by atoms with Crippen LogP contribution in [0.1, 0.15) is 30.6 Å². The number of fused-ring (bicyclic) bond motifs is 1. The number of hydrogen-bond acceptors (Lipinski definition) is 4. The van der Waals surface area contributed by atoms with Crippen LogP contribution in [-0.2, 0) is 0 Å². The Balaban J connectivity index is 1.88. The van der Waals surface area contributed by atoms with Crippen LogP contribution in [0, 0.1) is 5.41 Å². The van der Waals surface area contributed by atoms with E-state index in [2.05, 4.69) is 5.32 Å². The molecule has 1 aromatic heterocycles. The van der Waals surface area contributed by atoms with Crippen molar-refractivity contribution in [3.63, 3.8) is 0 Å². The van der Waals surface area contributed by atoms with Gasteiger partial charge in [0.15, 0.2) is 0 Å². The fourth-order valence-electron chi connectivity index (χ4n) is 2.60. The van der Waals surface area contributed by atoms with Crippen LogP contribution >= 0.6 is 0 Å². The van der Waals surface area contributed by atoms with Gasteiger partial charge in [0, 0.05) is 16.8 Å². The Morgan fingerprint density at radius 1 is 1.38 bits per heavy atom. The molecule has 1 aliphatic rings. The van der Waals surface area contributed by atoms with Gasteiger partial charge >= 0.3 is 5.63 Å². The van der Waals surface area contributed by atoms with Crippen molar-refractivity contribution in [2.75, 3.05) is 0 Å². The SMILES string of the molecule is CC1(C)C(O)CC1NC(=O)c1cc2ccccc2oc1=O. The third-order valence-electron chi connectivity index (χ3n) is 4.41.